The Kier molecular flexibility index (Phi) is 10.7. The van der Waals surface area contributed by atoms with Gasteiger partial charge in [-0.1, -0.05) is 17.7 Å². The number of methoxy groups -OCH3 is 2. The molecule has 11 nitrogen and oxygen atoms in total. The lowest BCUT2D eigenvalue weighted by Gasteiger charge is -2.24. The minimum Gasteiger partial charge on any atom is -0.467 e. The predicted octanol–water partition coefficient (Wildman–Crippen LogP) is 1.71. The predicted molar refractivity (Wildman–Crippen MR) is 116 cm³/mol. The summed E-state index contributed by atoms with van der Waals surface area (Å²) in [6, 6.07) is 4.79. The van der Waals surface area contributed by atoms with Gasteiger partial charge in [0.25, 0.3) is 10.1 Å². The first-order valence-corrected chi connectivity index (χ1v) is 11.4. The highest BCUT2D eigenvalue weighted by Gasteiger charge is 2.32. The van der Waals surface area contributed by atoms with Crippen molar-refractivity contribution in [1.29, 1.82) is 0 Å². The third kappa shape index (κ3) is 10.2. The van der Waals surface area contributed by atoms with Gasteiger partial charge >= 0.3 is 18.0 Å². The molecule has 0 spiro atoms. The molecule has 0 fully saturated rings. The Bertz CT molecular complexity index is 906. The minimum atomic E-state index is -4.02. The SMILES string of the molecule is COC(=O)[C@H](C[C@H](OCCOS(=O)(=O)c1ccc(C)cc1)C(=O)OC)NC(=O)OC(C)(C)C. The van der Waals surface area contributed by atoms with E-state index in [1.807, 2.05) is 6.92 Å². The molecule has 0 aliphatic heterocycles. The molecule has 33 heavy (non-hydrogen) atoms. The second kappa shape index (κ2) is 12.5. The Labute approximate surface area is 193 Å². The van der Waals surface area contributed by atoms with Gasteiger partial charge in [0.2, 0.25) is 0 Å². The van der Waals surface area contributed by atoms with Gasteiger partial charge in [0.05, 0.1) is 32.3 Å². The van der Waals surface area contributed by atoms with Gasteiger partial charge in [-0.25, -0.2) is 14.4 Å². The maximum absolute atomic E-state index is 12.2. The minimum absolute atomic E-state index is 0.0232. The van der Waals surface area contributed by atoms with Crippen LogP contribution in [0, 0.1) is 6.92 Å². The summed E-state index contributed by atoms with van der Waals surface area (Å²) >= 11 is 0. The molecule has 1 amide bonds. The van der Waals surface area contributed by atoms with E-state index in [2.05, 4.69) is 14.8 Å². The third-order valence-electron chi connectivity index (χ3n) is 4.04. The molecule has 12 heteroatoms. The van der Waals surface area contributed by atoms with E-state index < -0.39 is 52.5 Å². The topological polar surface area (TPSA) is 144 Å². The van der Waals surface area contributed by atoms with Crippen LogP contribution in [0.25, 0.3) is 0 Å². The monoisotopic (exact) mass is 489 g/mol. The van der Waals surface area contributed by atoms with Crippen LogP contribution in [-0.4, -0.2) is 71.6 Å². The number of benzene rings is 1. The first-order chi connectivity index (χ1) is 15.3. The number of amides is 1. The van der Waals surface area contributed by atoms with E-state index in [0.29, 0.717) is 0 Å². The van der Waals surface area contributed by atoms with Crippen LogP contribution in [0.15, 0.2) is 29.2 Å². The van der Waals surface area contributed by atoms with E-state index in [4.69, 9.17) is 13.7 Å². The second-order valence-electron chi connectivity index (χ2n) is 7.93. The van der Waals surface area contributed by atoms with Crippen molar-refractivity contribution in [1.82, 2.24) is 5.32 Å². The van der Waals surface area contributed by atoms with Crippen molar-refractivity contribution in [2.45, 2.75) is 56.8 Å². The molecule has 0 radical (unpaired) electrons. The van der Waals surface area contributed by atoms with Gasteiger partial charge in [0.15, 0.2) is 6.10 Å². The van der Waals surface area contributed by atoms with E-state index in [9.17, 15) is 22.8 Å². The van der Waals surface area contributed by atoms with Gasteiger partial charge in [-0.05, 0) is 39.8 Å². The molecule has 2 atom stereocenters. The van der Waals surface area contributed by atoms with Gasteiger partial charge in [-0.15, -0.1) is 0 Å². The number of alkyl carbamates (subject to hydrolysis) is 1. The van der Waals surface area contributed by atoms with E-state index in [1.54, 1.807) is 32.9 Å². The smallest absolute Gasteiger partial charge is 0.408 e. The quantitative estimate of drug-likeness (QED) is 0.211. The number of hydrogen-bond acceptors (Lipinski definition) is 10. The van der Waals surface area contributed by atoms with Crippen molar-refractivity contribution in [2.24, 2.45) is 0 Å². The van der Waals surface area contributed by atoms with Crippen LogP contribution in [-0.2, 0) is 42.8 Å². The van der Waals surface area contributed by atoms with Crippen LogP contribution >= 0.6 is 0 Å². The highest BCUT2D eigenvalue weighted by molar-refractivity contribution is 7.86. The normalized spacial score (nSPS) is 13.5. The first kappa shape index (κ1) is 28.3. The second-order valence-corrected chi connectivity index (χ2v) is 9.54. The van der Waals surface area contributed by atoms with Crippen LogP contribution in [0.5, 0.6) is 0 Å². The zero-order valence-corrected chi connectivity index (χ0v) is 20.4. The average molecular weight is 490 g/mol. The molecule has 0 aliphatic rings. The maximum atomic E-state index is 12.2. The Hall–Kier alpha value is -2.70. The Morgan fingerprint density at radius 1 is 0.970 bits per heavy atom. The zero-order chi connectivity index (χ0) is 25.2. The number of esters is 2. The largest absolute Gasteiger partial charge is 0.467 e. The van der Waals surface area contributed by atoms with Crippen molar-refractivity contribution >= 4 is 28.1 Å². The molecular formula is C21H31NO10S. The summed E-state index contributed by atoms with van der Waals surface area (Å²) in [4.78, 5) is 36.2. The van der Waals surface area contributed by atoms with Gasteiger partial charge < -0.3 is 24.3 Å². The molecule has 0 saturated heterocycles. The lowest BCUT2D eigenvalue weighted by molar-refractivity contribution is -0.157. The van der Waals surface area contributed by atoms with Gasteiger partial charge in [0.1, 0.15) is 11.6 Å². The molecule has 1 aromatic carbocycles. The lowest BCUT2D eigenvalue weighted by atomic mass is 10.1. The molecule has 1 rings (SSSR count). The molecule has 0 aromatic heterocycles. The number of ether oxygens (including phenoxy) is 4. The summed E-state index contributed by atoms with van der Waals surface area (Å²) in [7, 11) is -1.79. The maximum Gasteiger partial charge on any atom is 0.408 e. The van der Waals surface area contributed by atoms with Crippen molar-refractivity contribution in [3.05, 3.63) is 29.8 Å². The molecule has 0 unspecified atom stereocenters. The van der Waals surface area contributed by atoms with E-state index in [0.717, 1.165) is 19.8 Å². The van der Waals surface area contributed by atoms with Crippen LogP contribution in [0.3, 0.4) is 0 Å². The summed E-state index contributed by atoms with van der Waals surface area (Å²) in [5.41, 5.74) is 0.0712. The van der Waals surface area contributed by atoms with Crippen molar-refractivity contribution < 1.29 is 45.9 Å². The fraction of sp³-hybridized carbons (Fsp3) is 0.571. The number of carbonyl (C=O) groups is 3. The van der Waals surface area contributed by atoms with Crippen LogP contribution in [0.1, 0.15) is 32.8 Å². The number of hydrogen-bond donors (Lipinski definition) is 1. The molecule has 0 bridgehead atoms. The number of nitrogens with one attached hydrogen (secondary N) is 1. The molecule has 0 saturated carbocycles. The summed E-state index contributed by atoms with van der Waals surface area (Å²) < 4.78 is 49.2. The summed E-state index contributed by atoms with van der Waals surface area (Å²) in [5.74, 6) is -1.67. The summed E-state index contributed by atoms with van der Waals surface area (Å²) in [5, 5.41) is 2.32. The van der Waals surface area contributed by atoms with Crippen LogP contribution < -0.4 is 5.32 Å². The lowest BCUT2D eigenvalue weighted by Crippen LogP contribution is -2.47. The fourth-order valence-electron chi connectivity index (χ4n) is 2.49. The van der Waals surface area contributed by atoms with Crippen molar-refractivity contribution in [3.63, 3.8) is 0 Å². The Balaban J connectivity index is 2.77. The van der Waals surface area contributed by atoms with E-state index >= 15 is 0 Å². The third-order valence-corrected chi connectivity index (χ3v) is 5.37. The fourth-order valence-corrected chi connectivity index (χ4v) is 3.38. The van der Waals surface area contributed by atoms with E-state index in [-0.39, 0.29) is 17.9 Å². The Morgan fingerprint density at radius 2 is 1.55 bits per heavy atom. The van der Waals surface area contributed by atoms with Gasteiger partial charge in [-0.3, -0.25) is 4.18 Å². The zero-order valence-electron chi connectivity index (χ0n) is 19.6. The van der Waals surface area contributed by atoms with Crippen LogP contribution in [0.4, 0.5) is 4.79 Å². The van der Waals surface area contributed by atoms with Gasteiger partial charge in [-0.2, -0.15) is 8.42 Å². The summed E-state index contributed by atoms with van der Waals surface area (Å²) in [6.45, 7) is 6.04. The molecule has 0 aliphatic carbocycles. The van der Waals surface area contributed by atoms with E-state index in [1.165, 1.54) is 12.1 Å². The van der Waals surface area contributed by atoms with Crippen molar-refractivity contribution in [2.75, 3.05) is 27.4 Å². The van der Waals surface area contributed by atoms with Crippen LogP contribution in [0.2, 0.25) is 0 Å². The number of rotatable bonds is 11. The molecular weight excluding hydrogens is 458 g/mol. The standard InChI is InChI=1S/C21H31NO10S/c1-14-7-9-15(10-8-14)33(26,27)31-12-11-30-17(19(24)29-6)13-16(18(23)28-5)22-20(25)32-21(2,3)4/h7-10,16-17H,11-13H2,1-6H3,(H,22,25)/t16-,17-/m0/s1. The average Bonchev–Trinajstić information content (AvgIpc) is 2.72. The molecule has 186 valence electrons. The molecule has 1 aromatic rings. The molecule has 0 heterocycles. The van der Waals surface area contributed by atoms with Crippen molar-refractivity contribution in [3.8, 4) is 0 Å². The number of carbonyl (C=O) groups excluding carboxylic acids is 3. The number of aryl methyl sites for hydroxylation is 1. The first-order valence-electron chi connectivity index (χ1n) is 10.0. The highest BCUT2D eigenvalue weighted by Crippen LogP contribution is 2.14. The van der Waals surface area contributed by atoms with Gasteiger partial charge in [0, 0.05) is 6.42 Å². The Morgan fingerprint density at radius 3 is 2.06 bits per heavy atom. The summed E-state index contributed by atoms with van der Waals surface area (Å²) in [6.07, 6.45) is -2.56. The highest BCUT2D eigenvalue weighted by atomic mass is 32.2. The molecule has 1 N–H and O–H groups in total.